The number of anilines is 2. The molecule has 28 heavy (non-hydrogen) atoms. The molecule has 3 aromatic rings. The summed E-state index contributed by atoms with van der Waals surface area (Å²) < 4.78 is 33.8. The Morgan fingerprint density at radius 2 is 1.93 bits per heavy atom. The molecule has 0 spiro atoms. The predicted molar refractivity (Wildman–Crippen MR) is 107 cm³/mol. The van der Waals surface area contributed by atoms with Crippen LogP contribution in [0.15, 0.2) is 54.9 Å². The lowest BCUT2D eigenvalue weighted by Gasteiger charge is -2.10. The van der Waals surface area contributed by atoms with Crippen LogP contribution >= 0.6 is 0 Å². The molecule has 0 fully saturated rings. The van der Waals surface area contributed by atoms with Crippen molar-refractivity contribution in [2.45, 2.75) is 6.92 Å². The molecule has 2 aromatic heterocycles. The van der Waals surface area contributed by atoms with E-state index in [4.69, 9.17) is 4.74 Å². The fourth-order valence-electron chi connectivity index (χ4n) is 2.49. The first-order chi connectivity index (χ1) is 13.4. The van der Waals surface area contributed by atoms with E-state index >= 15 is 0 Å². The van der Waals surface area contributed by atoms with E-state index in [1.807, 2.05) is 6.92 Å². The number of hydrogen-bond donors (Lipinski definition) is 3. The Balaban J connectivity index is 1.46. The lowest BCUT2D eigenvalue weighted by atomic mass is 10.3. The van der Waals surface area contributed by atoms with Gasteiger partial charge in [-0.3, -0.25) is 4.72 Å². The van der Waals surface area contributed by atoms with Gasteiger partial charge in [0, 0.05) is 24.6 Å². The SMILES string of the molecule is CCOc1ccc(NC(=O)NCCS(=O)(=O)Nc2ccn3nccc3c2)cc1. The summed E-state index contributed by atoms with van der Waals surface area (Å²) in [6, 6.07) is 11.5. The maximum absolute atomic E-state index is 12.2. The van der Waals surface area contributed by atoms with Gasteiger partial charge in [0.2, 0.25) is 10.0 Å². The summed E-state index contributed by atoms with van der Waals surface area (Å²) in [6.45, 7) is 2.41. The molecule has 0 aliphatic rings. The number of nitrogens with zero attached hydrogens (tertiary/aromatic N) is 2. The number of nitrogens with one attached hydrogen (secondary N) is 3. The molecule has 10 heteroatoms. The minimum Gasteiger partial charge on any atom is -0.494 e. The third kappa shape index (κ3) is 5.36. The van der Waals surface area contributed by atoms with Gasteiger partial charge >= 0.3 is 6.03 Å². The van der Waals surface area contributed by atoms with Gasteiger partial charge in [-0.25, -0.2) is 17.7 Å². The van der Waals surface area contributed by atoms with Crippen molar-refractivity contribution in [2.24, 2.45) is 0 Å². The second kappa shape index (κ2) is 8.61. The van der Waals surface area contributed by atoms with Gasteiger partial charge in [-0.2, -0.15) is 5.10 Å². The van der Waals surface area contributed by atoms with E-state index in [2.05, 4.69) is 20.5 Å². The van der Waals surface area contributed by atoms with Gasteiger partial charge in [0.25, 0.3) is 0 Å². The molecule has 2 heterocycles. The number of fused-ring (bicyclic) bond motifs is 1. The summed E-state index contributed by atoms with van der Waals surface area (Å²) in [5, 5.41) is 9.21. The van der Waals surface area contributed by atoms with E-state index < -0.39 is 16.1 Å². The lowest BCUT2D eigenvalue weighted by Crippen LogP contribution is -2.34. The average Bonchev–Trinajstić information content (AvgIpc) is 3.11. The van der Waals surface area contributed by atoms with Gasteiger partial charge in [-0.05, 0) is 49.4 Å². The van der Waals surface area contributed by atoms with Crippen LogP contribution in [-0.2, 0) is 10.0 Å². The smallest absolute Gasteiger partial charge is 0.319 e. The molecule has 0 saturated carbocycles. The molecule has 9 nitrogen and oxygen atoms in total. The number of hydrogen-bond acceptors (Lipinski definition) is 5. The summed E-state index contributed by atoms with van der Waals surface area (Å²) in [6.07, 6.45) is 3.29. The monoisotopic (exact) mass is 403 g/mol. The van der Waals surface area contributed by atoms with E-state index in [0.717, 1.165) is 5.52 Å². The van der Waals surface area contributed by atoms with Crippen LogP contribution in [0.4, 0.5) is 16.2 Å². The second-order valence-electron chi connectivity index (χ2n) is 5.88. The van der Waals surface area contributed by atoms with Gasteiger partial charge in [0.1, 0.15) is 5.75 Å². The topological polar surface area (TPSA) is 114 Å². The normalized spacial score (nSPS) is 11.2. The Kier molecular flexibility index (Phi) is 5.99. The Labute approximate surface area is 162 Å². The van der Waals surface area contributed by atoms with Gasteiger partial charge in [-0.1, -0.05) is 0 Å². The molecule has 148 valence electrons. The highest BCUT2D eigenvalue weighted by Crippen LogP contribution is 2.15. The predicted octanol–water partition coefficient (Wildman–Crippen LogP) is 2.30. The first-order valence-electron chi connectivity index (χ1n) is 8.67. The molecule has 0 aliphatic heterocycles. The van der Waals surface area contributed by atoms with Crippen LogP contribution in [0.1, 0.15) is 6.92 Å². The van der Waals surface area contributed by atoms with Crippen molar-refractivity contribution < 1.29 is 17.9 Å². The first-order valence-corrected chi connectivity index (χ1v) is 10.3. The number of sulfonamides is 1. The third-order valence-electron chi connectivity index (χ3n) is 3.75. The average molecular weight is 403 g/mol. The number of carbonyl (C=O) groups excluding carboxylic acids is 1. The van der Waals surface area contributed by atoms with Gasteiger partial charge in [0.05, 0.1) is 23.6 Å². The molecular formula is C18H21N5O4S. The Morgan fingerprint density at radius 1 is 1.14 bits per heavy atom. The van der Waals surface area contributed by atoms with Crippen molar-refractivity contribution in [1.29, 1.82) is 0 Å². The van der Waals surface area contributed by atoms with Crippen LogP contribution in [0.3, 0.4) is 0 Å². The minimum atomic E-state index is -3.61. The Bertz CT molecular complexity index is 1050. The van der Waals surface area contributed by atoms with E-state index in [-0.39, 0.29) is 12.3 Å². The van der Waals surface area contributed by atoms with E-state index in [1.54, 1.807) is 59.4 Å². The summed E-state index contributed by atoms with van der Waals surface area (Å²) >= 11 is 0. The molecule has 0 aliphatic carbocycles. The fraction of sp³-hybridized carbons (Fsp3) is 0.222. The number of benzene rings is 1. The number of ether oxygens (including phenoxy) is 1. The largest absolute Gasteiger partial charge is 0.494 e. The lowest BCUT2D eigenvalue weighted by molar-refractivity contribution is 0.252. The highest BCUT2D eigenvalue weighted by molar-refractivity contribution is 7.92. The third-order valence-corrected chi connectivity index (χ3v) is 5.04. The quantitative estimate of drug-likeness (QED) is 0.534. The molecule has 2 amide bonds. The van der Waals surface area contributed by atoms with Crippen molar-refractivity contribution in [3.8, 4) is 5.75 Å². The maximum atomic E-state index is 12.2. The summed E-state index contributed by atoms with van der Waals surface area (Å²) in [5.74, 6) is 0.452. The molecule has 0 unspecified atom stereocenters. The van der Waals surface area contributed by atoms with Crippen molar-refractivity contribution >= 4 is 32.9 Å². The van der Waals surface area contributed by atoms with Crippen molar-refractivity contribution in [3.05, 3.63) is 54.9 Å². The number of urea groups is 1. The number of amides is 2. The summed E-state index contributed by atoms with van der Waals surface area (Å²) in [5.41, 5.74) is 1.79. The molecular weight excluding hydrogens is 382 g/mol. The van der Waals surface area contributed by atoms with Gasteiger partial charge in [-0.15, -0.1) is 0 Å². The second-order valence-corrected chi connectivity index (χ2v) is 7.72. The standard InChI is InChI=1S/C18H21N5O4S/c1-2-27-17-5-3-14(4-6-17)21-18(24)19-10-12-28(25,26)22-15-8-11-23-16(13-15)7-9-20-23/h3-9,11,13,22H,2,10,12H2,1H3,(H2,19,21,24). The van der Waals surface area contributed by atoms with Crippen LogP contribution < -0.4 is 20.1 Å². The number of pyridine rings is 1. The van der Waals surface area contributed by atoms with Crippen LogP contribution in [0, 0.1) is 0 Å². The molecule has 0 bridgehead atoms. The molecule has 3 N–H and O–H groups in total. The first kappa shape index (κ1) is 19.5. The highest BCUT2D eigenvalue weighted by atomic mass is 32.2. The van der Waals surface area contributed by atoms with Crippen LogP contribution in [0.5, 0.6) is 5.75 Å². The maximum Gasteiger partial charge on any atom is 0.319 e. The Morgan fingerprint density at radius 3 is 2.68 bits per heavy atom. The molecule has 0 saturated heterocycles. The zero-order valence-electron chi connectivity index (χ0n) is 15.3. The van der Waals surface area contributed by atoms with Crippen LogP contribution in [-0.4, -0.2) is 43.0 Å². The number of carbonyl (C=O) groups is 1. The fourth-order valence-corrected chi connectivity index (χ4v) is 3.45. The van der Waals surface area contributed by atoms with Crippen molar-refractivity contribution in [3.63, 3.8) is 0 Å². The van der Waals surface area contributed by atoms with E-state index in [0.29, 0.717) is 23.7 Å². The molecule has 0 atom stereocenters. The molecule has 3 rings (SSSR count). The zero-order chi connectivity index (χ0) is 20.0. The minimum absolute atomic E-state index is 0.0346. The van der Waals surface area contributed by atoms with Crippen LogP contribution in [0.2, 0.25) is 0 Å². The van der Waals surface area contributed by atoms with Crippen LogP contribution in [0.25, 0.3) is 5.52 Å². The summed E-state index contributed by atoms with van der Waals surface area (Å²) in [7, 11) is -3.61. The summed E-state index contributed by atoms with van der Waals surface area (Å²) in [4.78, 5) is 11.9. The van der Waals surface area contributed by atoms with Gasteiger partial charge in [0.15, 0.2) is 0 Å². The number of rotatable bonds is 8. The molecule has 1 aromatic carbocycles. The van der Waals surface area contributed by atoms with E-state index in [1.165, 1.54) is 0 Å². The highest BCUT2D eigenvalue weighted by Gasteiger charge is 2.12. The van der Waals surface area contributed by atoms with Gasteiger partial charge < -0.3 is 15.4 Å². The van der Waals surface area contributed by atoms with Crippen molar-refractivity contribution in [2.75, 3.05) is 28.9 Å². The number of aromatic nitrogens is 2. The molecule has 0 radical (unpaired) electrons. The Hall–Kier alpha value is -3.27. The van der Waals surface area contributed by atoms with E-state index in [9.17, 15) is 13.2 Å². The zero-order valence-corrected chi connectivity index (χ0v) is 16.1. The van der Waals surface area contributed by atoms with Crippen molar-refractivity contribution in [1.82, 2.24) is 14.9 Å².